The van der Waals surface area contributed by atoms with Crippen LogP contribution in [0.4, 0.5) is 0 Å². The van der Waals surface area contributed by atoms with Gasteiger partial charge in [-0.2, -0.15) is 0 Å². The second-order valence-electron chi connectivity index (χ2n) is 11.9. The minimum Gasteiger partial charge on any atom is -0.456 e. The van der Waals surface area contributed by atoms with E-state index in [0.29, 0.717) is 21.9 Å². The third-order valence-electron chi connectivity index (χ3n) is 9.18. The van der Waals surface area contributed by atoms with Gasteiger partial charge in [-0.3, -0.25) is 0 Å². The molecule has 0 unspecified atom stereocenters. The van der Waals surface area contributed by atoms with Gasteiger partial charge in [0.1, 0.15) is 11.2 Å². The summed E-state index contributed by atoms with van der Waals surface area (Å²) in [7, 11) is 0. The molecule has 49 heavy (non-hydrogen) atoms. The van der Waals surface area contributed by atoms with Crippen molar-refractivity contribution in [2.45, 2.75) is 0 Å². The normalized spacial score (nSPS) is 14.8. The van der Waals surface area contributed by atoms with Gasteiger partial charge in [0, 0.05) is 10.8 Å². The second-order valence-corrected chi connectivity index (χ2v) is 11.9. The van der Waals surface area contributed by atoms with Crippen LogP contribution in [-0.2, 0) is 0 Å². The molecule has 1 aromatic heterocycles. The van der Waals surface area contributed by atoms with Crippen LogP contribution in [0.15, 0.2) is 186 Å². The van der Waals surface area contributed by atoms with Gasteiger partial charge in [-0.05, 0) is 107 Å². The molecule has 1 nitrogen and oxygen atoms in total. The average Bonchev–Trinajstić information content (AvgIpc) is 3.65. The number of hydrogen-bond donors (Lipinski definition) is 0. The van der Waals surface area contributed by atoms with Gasteiger partial charge in [0.25, 0.3) is 0 Å². The molecule has 0 aliphatic heterocycles. The molecule has 0 aliphatic rings. The van der Waals surface area contributed by atoms with Gasteiger partial charge in [0.2, 0.25) is 0 Å². The van der Waals surface area contributed by atoms with Crippen molar-refractivity contribution in [1.82, 2.24) is 0 Å². The van der Waals surface area contributed by atoms with Crippen molar-refractivity contribution in [3.8, 4) is 44.5 Å². The number of rotatable bonds is 4. The van der Waals surface area contributed by atoms with Crippen LogP contribution in [0.1, 0.15) is 15.1 Å². The zero-order valence-electron chi connectivity index (χ0n) is 36.9. The molecule has 10 aromatic rings. The van der Waals surface area contributed by atoms with E-state index in [2.05, 4.69) is 36.4 Å². The average molecular weight is 634 g/mol. The van der Waals surface area contributed by atoms with Gasteiger partial charge in [-0.15, -0.1) is 0 Å². The summed E-state index contributed by atoms with van der Waals surface area (Å²) in [6.07, 6.45) is 0. The number of furan rings is 1. The van der Waals surface area contributed by atoms with Crippen LogP contribution in [0.2, 0.25) is 0 Å². The predicted molar refractivity (Wildman–Crippen MR) is 208 cm³/mol. The molecule has 10 rings (SSSR count). The Hall–Kier alpha value is -6.44. The first-order valence-electron chi connectivity index (χ1n) is 21.5. The summed E-state index contributed by atoms with van der Waals surface area (Å²) in [5, 5.41) is 4.36. The van der Waals surface area contributed by atoms with Gasteiger partial charge in [0.05, 0.1) is 15.1 Å². The Bertz CT molecular complexity index is 3420. The van der Waals surface area contributed by atoms with Crippen molar-refractivity contribution in [3.63, 3.8) is 0 Å². The van der Waals surface area contributed by atoms with E-state index in [0.717, 1.165) is 49.4 Å². The van der Waals surface area contributed by atoms with Crippen LogP contribution in [0.5, 0.6) is 0 Å². The molecule has 0 bridgehead atoms. The van der Waals surface area contributed by atoms with E-state index in [9.17, 15) is 6.85 Å². The maximum atomic E-state index is 9.67. The van der Waals surface area contributed by atoms with E-state index < -0.39 is 65.5 Å². The summed E-state index contributed by atoms with van der Waals surface area (Å²) in [6.45, 7) is 0. The molecule has 0 atom stereocenters. The third kappa shape index (κ3) is 4.47. The van der Waals surface area contributed by atoms with Gasteiger partial charge in [0.15, 0.2) is 0 Å². The fourth-order valence-electron chi connectivity index (χ4n) is 7.03. The molecule has 0 fully saturated rings. The van der Waals surface area contributed by atoms with E-state index in [1.165, 1.54) is 0 Å². The number of benzene rings is 9. The van der Waals surface area contributed by atoms with Crippen LogP contribution >= 0.6 is 0 Å². The van der Waals surface area contributed by atoms with Crippen LogP contribution in [0.3, 0.4) is 0 Å². The lowest BCUT2D eigenvalue weighted by molar-refractivity contribution is 0.669. The second kappa shape index (κ2) is 11.1. The molecule has 1 heteroatoms. The summed E-state index contributed by atoms with van der Waals surface area (Å²) in [5.41, 5.74) is 5.04. The Labute approximate surface area is 299 Å². The molecular weight excluding hydrogens is 593 g/mol. The monoisotopic (exact) mass is 633 g/mol. The van der Waals surface area contributed by atoms with Crippen LogP contribution in [-0.4, -0.2) is 0 Å². The van der Waals surface area contributed by atoms with Crippen molar-refractivity contribution >= 4 is 54.3 Å². The third-order valence-corrected chi connectivity index (χ3v) is 9.18. The lowest BCUT2D eigenvalue weighted by atomic mass is 9.84. The number of hydrogen-bond acceptors (Lipinski definition) is 1. The van der Waals surface area contributed by atoms with E-state index >= 15 is 0 Å². The Morgan fingerprint density at radius 3 is 1.73 bits per heavy atom. The SMILES string of the molecule is [2H]c1c([2H])c([2H])c(-c2c([2H])c([2H])c3c([2H])c(-c4c5ccccc5c(-c5cccc6oc7cc(-c8ccccc8)ccc7c56)c5ccccc45)c([2H])c([2H])c3c2[2H])c([2H])c1[2H]. The van der Waals surface area contributed by atoms with Crippen LogP contribution in [0, 0.1) is 0 Å². The van der Waals surface area contributed by atoms with Crippen molar-refractivity contribution in [2.24, 2.45) is 0 Å². The quantitative estimate of drug-likeness (QED) is 0.176. The summed E-state index contributed by atoms with van der Waals surface area (Å²) in [4.78, 5) is 0. The summed E-state index contributed by atoms with van der Waals surface area (Å²) >= 11 is 0. The van der Waals surface area contributed by atoms with Gasteiger partial charge in [-0.25, -0.2) is 0 Å². The van der Waals surface area contributed by atoms with Crippen LogP contribution < -0.4 is 0 Å². The fourth-order valence-corrected chi connectivity index (χ4v) is 7.03. The Morgan fingerprint density at radius 1 is 0.388 bits per heavy atom. The molecule has 0 spiro atoms. The standard InChI is InChI=1S/C48H30O/c1-3-12-31(13-4-1)33-22-23-35-29-37(25-24-34(35)28-33)46-38-16-7-9-18-40(38)47(41-19-10-8-17-39(41)46)43-20-11-21-44-48(43)42-27-26-36(30-45(42)49-44)32-14-5-2-6-15-32/h1-30H/i1D,3D,4D,12D,13D,22D,23D,24D,25D,28D,29D. The van der Waals surface area contributed by atoms with Crippen molar-refractivity contribution in [1.29, 1.82) is 0 Å². The molecule has 0 N–H and O–H groups in total. The van der Waals surface area contributed by atoms with Crippen molar-refractivity contribution < 1.29 is 19.5 Å². The number of fused-ring (bicyclic) bond motifs is 6. The highest BCUT2D eigenvalue weighted by Crippen LogP contribution is 2.47. The first-order valence-corrected chi connectivity index (χ1v) is 16.0. The van der Waals surface area contributed by atoms with Gasteiger partial charge in [-0.1, -0.05) is 151 Å². The highest BCUT2D eigenvalue weighted by atomic mass is 16.3. The Balaban J connectivity index is 1.27. The maximum Gasteiger partial charge on any atom is 0.136 e. The van der Waals surface area contributed by atoms with Crippen LogP contribution in [0.25, 0.3) is 98.8 Å². The smallest absolute Gasteiger partial charge is 0.136 e. The van der Waals surface area contributed by atoms with E-state index in [1.54, 1.807) is 0 Å². The first-order chi connectivity index (χ1) is 28.9. The van der Waals surface area contributed by atoms with E-state index in [4.69, 9.17) is 12.6 Å². The maximum absolute atomic E-state index is 9.67. The van der Waals surface area contributed by atoms with Crippen molar-refractivity contribution in [3.05, 3.63) is 182 Å². The zero-order valence-corrected chi connectivity index (χ0v) is 25.9. The highest BCUT2D eigenvalue weighted by molar-refractivity contribution is 6.26. The topological polar surface area (TPSA) is 13.1 Å². The highest BCUT2D eigenvalue weighted by Gasteiger charge is 2.20. The Kier molecular flexibility index (Phi) is 4.25. The lowest BCUT2D eigenvalue weighted by Crippen LogP contribution is -1.91. The molecule has 0 saturated heterocycles. The van der Waals surface area contributed by atoms with Crippen molar-refractivity contribution in [2.75, 3.05) is 0 Å². The lowest BCUT2D eigenvalue weighted by Gasteiger charge is -2.18. The summed E-state index contributed by atoms with van der Waals surface area (Å²) < 4.78 is 104. The largest absolute Gasteiger partial charge is 0.456 e. The van der Waals surface area contributed by atoms with Gasteiger partial charge < -0.3 is 4.42 Å². The zero-order chi connectivity index (χ0) is 41.9. The van der Waals surface area contributed by atoms with E-state index in [-0.39, 0.29) is 28.4 Å². The molecule has 1 heterocycles. The molecule has 0 amide bonds. The minimum atomic E-state index is -0.670. The predicted octanol–water partition coefficient (Wildman–Crippen LogP) is 13.7. The molecule has 228 valence electrons. The van der Waals surface area contributed by atoms with E-state index in [1.807, 2.05) is 78.9 Å². The molecule has 0 aliphatic carbocycles. The molecule has 0 saturated carbocycles. The summed E-state index contributed by atoms with van der Waals surface area (Å²) in [6, 6.07) is 31.4. The summed E-state index contributed by atoms with van der Waals surface area (Å²) in [5.74, 6) is 0. The fraction of sp³-hybridized carbons (Fsp3) is 0. The minimum absolute atomic E-state index is 0.0507. The molecular formula is C48H30O. The Morgan fingerprint density at radius 2 is 1.02 bits per heavy atom. The van der Waals surface area contributed by atoms with Gasteiger partial charge >= 0.3 is 0 Å². The first kappa shape index (κ1) is 18.8. The molecule has 0 radical (unpaired) electrons. The molecule has 9 aromatic carbocycles.